The highest BCUT2D eigenvalue weighted by Gasteiger charge is 2.34. The van der Waals surface area contributed by atoms with Crippen LogP contribution in [0.4, 0.5) is 5.82 Å². The summed E-state index contributed by atoms with van der Waals surface area (Å²) in [5.41, 5.74) is 1.47. The molecule has 0 amide bonds. The predicted molar refractivity (Wildman–Crippen MR) is 73.5 cm³/mol. The van der Waals surface area contributed by atoms with Crippen LogP contribution in [0.2, 0.25) is 0 Å². The zero-order chi connectivity index (χ0) is 14.9. The number of hydrogen-bond acceptors (Lipinski definition) is 6. The molecule has 1 unspecified atom stereocenters. The molecular weight excluding hydrogens is 282 g/mol. The Labute approximate surface area is 117 Å². The Morgan fingerprint density at radius 2 is 2.15 bits per heavy atom. The summed E-state index contributed by atoms with van der Waals surface area (Å²) in [6.07, 6.45) is 1.92. The van der Waals surface area contributed by atoms with Crippen LogP contribution >= 0.6 is 0 Å². The molecule has 0 radical (unpaired) electrons. The van der Waals surface area contributed by atoms with Gasteiger partial charge in [-0.2, -0.15) is 0 Å². The Hall–Kier alpha value is -1.70. The topological polar surface area (TPSA) is 100 Å². The fourth-order valence-corrected chi connectivity index (χ4v) is 3.96. The molecule has 0 spiro atoms. The molecule has 1 saturated heterocycles. The van der Waals surface area contributed by atoms with Gasteiger partial charge in [0.25, 0.3) is 0 Å². The third-order valence-electron chi connectivity index (χ3n) is 3.43. The standard InChI is InChI=1S/C12H17N3O4S/c1-8-9(2)14-11(5-13-8)15(6-12(16)17)10-3-4-20(18,19)7-10/h5,10H,3-4,6-7H2,1-2H3,(H,16,17). The maximum Gasteiger partial charge on any atom is 0.323 e. The second kappa shape index (κ2) is 5.35. The molecule has 2 rings (SSSR count). The number of aliphatic carboxylic acids is 1. The summed E-state index contributed by atoms with van der Waals surface area (Å²) in [6, 6.07) is -0.354. The Bertz CT molecular complexity index is 630. The Morgan fingerprint density at radius 3 is 2.65 bits per heavy atom. The van der Waals surface area contributed by atoms with E-state index in [1.54, 1.807) is 6.92 Å². The molecule has 1 aromatic rings. The molecule has 7 nitrogen and oxygen atoms in total. The van der Waals surface area contributed by atoms with Crippen molar-refractivity contribution in [3.8, 4) is 0 Å². The summed E-state index contributed by atoms with van der Waals surface area (Å²) in [5.74, 6) is -0.548. The summed E-state index contributed by atoms with van der Waals surface area (Å²) >= 11 is 0. The first-order chi connectivity index (χ1) is 9.28. The van der Waals surface area contributed by atoms with E-state index < -0.39 is 15.8 Å². The van der Waals surface area contributed by atoms with Crippen molar-refractivity contribution < 1.29 is 18.3 Å². The number of nitrogens with zero attached hydrogens (tertiary/aromatic N) is 3. The van der Waals surface area contributed by atoms with E-state index in [1.807, 2.05) is 6.92 Å². The molecule has 0 saturated carbocycles. The highest BCUT2D eigenvalue weighted by atomic mass is 32.2. The molecule has 0 bridgehead atoms. The number of carboxylic acids is 1. The average molecular weight is 299 g/mol. The van der Waals surface area contributed by atoms with E-state index >= 15 is 0 Å². The van der Waals surface area contributed by atoms with E-state index in [0.717, 1.165) is 5.69 Å². The molecule has 0 aliphatic carbocycles. The highest BCUT2D eigenvalue weighted by molar-refractivity contribution is 7.91. The lowest BCUT2D eigenvalue weighted by Crippen LogP contribution is -2.40. The molecule has 1 aliphatic heterocycles. The van der Waals surface area contributed by atoms with Crippen LogP contribution < -0.4 is 4.90 Å². The first-order valence-corrected chi connectivity index (χ1v) is 8.10. The largest absolute Gasteiger partial charge is 0.480 e. The van der Waals surface area contributed by atoms with Gasteiger partial charge in [-0.1, -0.05) is 0 Å². The number of rotatable bonds is 4. The monoisotopic (exact) mass is 299 g/mol. The fourth-order valence-electron chi connectivity index (χ4n) is 2.23. The van der Waals surface area contributed by atoms with Crippen molar-refractivity contribution in [2.24, 2.45) is 0 Å². The van der Waals surface area contributed by atoms with Crippen molar-refractivity contribution in [3.63, 3.8) is 0 Å². The minimum Gasteiger partial charge on any atom is -0.480 e. The predicted octanol–water partition coefficient (Wildman–Crippen LogP) is 0.172. The van der Waals surface area contributed by atoms with Gasteiger partial charge in [-0.3, -0.25) is 9.78 Å². The van der Waals surface area contributed by atoms with Gasteiger partial charge in [-0.15, -0.1) is 0 Å². The number of sulfone groups is 1. The first kappa shape index (κ1) is 14.7. The van der Waals surface area contributed by atoms with Gasteiger partial charge < -0.3 is 10.0 Å². The van der Waals surface area contributed by atoms with Crippen LogP contribution in [-0.2, 0) is 14.6 Å². The summed E-state index contributed by atoms with van der Waals surface area (Å²) in [7, 11) is -3.09. The molecule has 1 N–H and O–H groups in total. The van der Waals surface area contributed by atoms with Crippen molar-refractivity contribution in [2.45, 2.75) is 26.3 Å². The first-order valence-electron chi connectivity index (χ1n) is 6.27. The van der Waals surface area contributed by atoms with E-state index in [-0.39, 0.29) is 24.1 Å². The van der Waals surface area contributed by atoms with Gasteiger partial charge in [0.05, 0.1) is 29.1 Å². The summed E-state index contributed by atoms with van der Waals surface area (Å²) < 4.78 is 23.1. The second-order valence-corrected chi connectivity index (χ2v) is 7.21. The van der Waals surface area contributed by atoms with Gasteiger partial charge in [0.2, 0.25) is 0 Å². The van der Waals surface area contributed by atoms with Crippen LogP contribution in [0.5, 0.6) is 0 Å². The molecule has 1 aliphatic rings. The van der Waals surface area contributed by atoms with Crippen molar-refractivity contribution >= 4 is 21.6 Å². The lowest BCUT2D eigenvalue weighted by molar-refractivity contribution is -0.135. The smallest absolute Gasteiger partial charge is 0.323 e. The molecule has 1 atom stereocenters. The fraction of sp³-hybridized carbons (Fsp3) is 0.583. The van der Waals surface area contributed by atoms with Crippen molar-refractivity contribution in [3.05, 3.63) is 17.6 Å². The third-order valence-corrected chi connectivity index (χ3v) is 5.18. The van der Waals surface area contributed by atoms with Gasteiger partial charge in [-0.25, -0.2) is 13.4 Å². The molecule has 20 heavy (non-hydrogen) atoms. The number of aromatic nitrogens is 2. The lowest BCUT2D eigenvalue weighted by atomic mass is 10.2. The summed E-state index contributed by atoms with van der Waals surface area (Å²) in [4.78, 5) is 21.0. The van der Waals surface area contributed by atoms with Gasteiger partial charge in [0.15, 0.2) is 9.84 Å². The summed E-state index contributed by atoms with van der Waals surface area (Å²) in [5, 5.41) is 9.02. The maximum atomic E-state index is 11.6. The lowest BCUT2D eigenvalue weighted by Gasteiger charge is -2.27. The van der Waals surface area contributed by atoms with Crippen LogP contribution in [0, 0.1) is 13.8 Å². The molecule has 1 aromatic heterocycles. The van der Waals surface area contributed by atoms with Gasteiger partial charge in [0.1, 0.15) is 12.4 Å². The minimum atomic E-state index is -3.09. The zero-order valence-corrected chi connectivity index (χ0v) is 12.2. The van der Waals surface area contributed by atoms with E-state index in [4.69, 9.17) is 5.11 Å². The molecular formula is C12H17N3O4S. The number of aryl methyl sites for hydroxylation is 2. The quantitative estimate of drug-likeness (QED) is 0.845. The minimum absolute atomic E-state index is 0.0329. The van der Waals surface area contributed by atoms with Crippen LogP contribution in [0.1, 0.15) is 17.8 Å². The van der Waals surface area contributed by atoms with Crippen LogP contribution in [0.15, 0.2) is 6.20 Å². The zero-order valence-electron chi connectivity index (χ0n) is 11.4. The van der Waals surface area contributed by atoms with Crippen LogP contribution in [-0.4, -0.2) is 53.6 Å². The number of hydrogen-bond donors (Lipinski definition) is 1. The normalized spacial score (nSPS) is 20.8. The molecule has 110 valence electrons. The molecule has 1 fully saturated rings. The summed E-state index contributed by atoms with van der Waals surface area (Å²) in [6.45, 7) is 3.32. The van der Waals surface area contributed by atoms with E-state index in [1.165, 1.54) is 11.1 Å². The van der Waals surface area contributed by atoms with Crippen LogP contribution in [0.3, 0.4) is 0 Å². The van der Waals surface area contributed by atoms with Crippen LogP contribution in [0.25, 0.3) is 0 Å². The van der Waals surface area contributed by atoms with E-state index in [2.05, 4.69) is 9.97 Å². The average Bonchev–Trinajstić information content (AvgIpc) is 2.70. The number of carboxylic acid groups (broad SMARTS) is 1. The Balaban J connectivity index is 2.32. The van der Waals surface area contributed by atoms with Crippen molar-refractivity contribution in [1.29, 1.82) is 0 Å². The highest BCUT2D eigenvalue weighted by Crippen LogP contribution is 2.23. The SMILES string of the molecule is Cc1ncc(N(CC(=O)O)C2CCS(=O)(=O)C2)nc1C. The van der Waals surface area contributed by atoms with Gasteiger partial charge in [0, 0.05) is 6.04 Å². The van der Waals surface area contributed by atoms with E-state index in [0.29, 0.717) is 17.9 Å². The van der Waals surface area contributed by atoms with Gasteiger partial charge >= 0.3 is 5.97 Å². The Kier molecular flexibility index (Phi) is 3.94. The Morgan fingerprint density at radius 1 is 1.45 bits per heavy atom. The molecule has 2 heterocycles. The molecule has 8 heteroatoms. The molecule has 0 aromatic carbocycles. The van der Waals surface area contributed by atoms with Gasteiger partial charge in [-0.05, 0) is 20.3 Å². The number of carbonyl (C=O) groups is 1. The second-order valence-electron chi connectivity index (χ2n) is 4.98. The third kappa shape index (κ3) is 3.24. The van der Waals surface area contributed by atoms with E-state index in [9.17, 15) is 13.2 Å². The maximum absolute atomic E-state index is 11.6. The number of anilines is 1. The van der Waals surface area contributed by atoms with Crippen molar-refractivity contribution in [2.75, 3.05) is 23.0 Å². The van der Waals surface area contributed by atoms with Crippen molar-refractivity contribution in [1.82, 2.24) is 9.97 Å².